The lowest BCUT2D eigenvalue weighted by atomic mass is 9.99. The Kier molecular flexibility index (Phi) is 5.43. The Morgan fingerprint density at radius 3 is 2.93 bits per heavy atom. The number of likely N-dealkylation sites (tertiary alicyclic amines) is 1. The number of carbonyl (C=O) groups excluding carboxylic acids is 2. The van der Waals surface area contributed by atoms with E-state index in [2.05, 4.69) is 45.1 Å². The van der Waals surface area contributed by atoms with Gasteiger partial charge in [-0.15, -0.1) is 0 Å². The van der Waals surface area contributed by atoms with Gasteiger partial charge in [-0.3, -0.25) is 4.79 Å². The molecule has 3 N–H and O–H groups in total. The van der Waals surface area contributed by atoms with Gasteiger partial charge in [-0.05, 0) is 36.6 Å². The van der Waals surface area contributed by atoms with Crippen LogP contribution in [-0.4, -0.2) is 49.6 Å². The molecule has 28 heavy (non-hydrogen) atoms. The van der Waals surface area contributed by atoms with Gasteiger partial charge in [0.2, 0.25) is 0 Å². The Morgan fingerprint density at radius 2 is 2.07 bits per heavy atom. The fraction of sp³-hybridized carbons (Fsp3) is 0.333. The summed E-state index contributed by atoms with van der Waals surface area (Å²) in [6.07, 6.45) is 1.15. The van der Waals surface area contributed by atoms with Crippen molar-refractivity contribution in [1.29, 1.82) is 0 Å². The number of rotatable bonds is 5. The van der Waals surface area contributed by atoms with Crippen molar-refractivity contribution in [3.63, 3.8) is 0 Å². The molecule has 2 aromatic carbocycles. The lowest BCUT2D eigenvalue weighted by Crippen LogP contribution is -2.36. The largest absolute Gasteiger partial charge is 0.482 e. The van der Waals surface area contributed by atoms with E-state index in [4.69, 9.17) is 4.74 Å². The highest BCUT2D eigenvalue weighted by atomic mass is 16.5. The summed E-state index contributed by atoms with van der Waals surface area (Å²) < 4.78 is 5.36. The summed E-state index contributed by atoms with van der Waals surface area (Å²) in [4.78, 5) is 25.8. The monoisotopic (exact) mass is 380 g/mol. The van der Waals surface area contributed by atoms with Crippen molar-refractivity contribution in [3.8, 4) is 5.75 Å². The molecular weight excluding hydrogens is 356 g/mol. The van der Waals surface area contributed by atoms with Crippen LogP contribution < -0.4 is 20.7 Å². The fourth-order valence-corrected chi connectivity index (χ4v) is 3.69. The van der Waals surface area contributed by atoms with Crippen molar-refractivity contribution in [1.82, 2.24) is 10.2 Å². The van der Waals surface area contributed by atoms with Crippen LogP contribution in [0.3, 0.4) is 0 Å². The van der Waals surface area contributed by atoms with Crippen molar-refractivity contribution in [3.05, 3.63) is 54.1 Å². The van der Waals surface area contributed by atoms with Crippen LogP contribution in [0.5, 0.6) is 5.75 Å². The number of hydrogen-bond acceptors (Lipinski definition) is 4. The molecule has 4 rings (SSSR count). The molecule has 3 amide bonds. The minimum absolute atomic E-state index is 0.0114. The number of anilines is 2. The summed E-state index contributed by atoms with van der Waals surface area (Å²) in [5.74, 6) is 0.954. The normalized spacial score (nSPS) is 18.7. The topological polar surface area (TPSA) is 82.7 Å². The minimum Gasteiger partial charge on any atom is -0.482 e. The molecule has 0 aromatic heterocycles. The van der Waals surface area contributed by atoms with E-state index in [0.29, 0.717) is 29.6 Å². The molecule has 0 saturated carbocycles. The van der Waals surface area contributed by atoms with E-state index in [-0.39, 0.29) is 18.5 Å². The van der Waals surface area contributed by atoms with Crippen LogP contribution in [-0.2, 0) is 4.79 Å². The van der Waals surface area contributed by atoms with Crippen LogP contribution in [0.15, 0.2) is 48.5 Å². The molecule has 2 aliphatic heterocycles. The molecule has 1 saturated heterocycles. The second-order valence-electron chi connectivity index (χ2n) is 7.13. The van der Waals surface area contributed by atoms with Crippen molar-refractivity contribution in [2.45, 2.75) is 12.3 Å². The summed E-state index contributed by atoms with van der Waals surface area (Å²) in [5, 5.41) is 8.42. The Labute approximate surface area is 164 Å². The first-order chi connectivity index (χ1) is 13.7. The highest BCUT2D eigenvalue weighted by Gasteiger charge is 2.23. The highest BCUT2D eigenvalue weighted by Crippen LogP contribution is 2.30. The number of nitrogens with one attached hydrogen (secondary N) is 3. The first-order valence-corrected chi connectivity index (χ1v) is 9.56. The number of urea groups is 1. The predicted octanol–water partition coefficient (Wildman–Crippen LogP) is 2.63. The lowest BCUT2D eigenvalue weighted by Gasteiger charge is -2.19. The molecular formula is C21H24N4O3. The molecule has 1 atom stereocenters. The molecule has 146 valence electrons. The Hall–Kier alpha value is -3.06. The zero-order chi connectivity index (χ0) is 19.3. The van der Waals surface area contributed by atoms with Gasteiger partial charge in [0.15, 0.2) is 6.61 Å². The van der Waals surface area contributed by atoms with E-state index in [1.165, 1.54) is 5.56 Å². The molecule has 7 nitrogen and oxygen atoms in total. The number of ether oxygens (including phenoxy) is 1. The van der Waals surface area contributed by atoms with Crippen molar-refractivity contribution in [2.75, 3.05) is 43.4 Å². The maximum Gasteiger partial charge on any atom is 0.319 e. The van der Waals surface area contributed by atoms with Crippen molar-refractivity contribution < 1.29 is 14.3 Å². The van der Waals surface area contributed by atoms with Gasteiger partial charge in [0.1, 0.15) is 5.75 Å². The average Bonchev–Trinajstić information content (AvgIpc) is 3.18. The van der Waals surface area contributed by atoms with E-state index in [0.717, 1.165) is 26.1 Å². The SMILES string of the molecule is O=C1COc2cc(NC(=O)NCCN3CC[C@@H](c4ccccc4)C3)ccc2N1. The Bertz CT molecular complexity index is 856. The molecule has 7 heteroatoms. The van der Waals surface area contributed by atoms with Gasteiger partial charge in [-0.25, -0.2) is 4.79 Å². The third-order valence-corrected chi connectivity index (χ3v) is 5.13. The zero-order valence-corrected chi connectivity index (χ0v) is 15.6. The van der Waals surface area contributed by atoms with Gasteiger partial charge >= 0.3 is 6.03 Å². The number of fused-ring (bicyclic) bond motifs is 1. The number of benzene rings is 2. The molecule has 2 heterocycles. The number of carbonyl (C=O) groups is 2. The van der Waals surface area contributed by atoms with Gasteiger partial charge in [0.05, 0.1) is 5.69 Å². The standard InChI is InChI=1S/C21H24N4O3/c26-20-14-28-19-12-17(6-7-18(19)24-20)23-21(27)22-9-11-25-10-8-16(13-25)15-4-2-1-3-5-15/h1-7,12,16H,8-11,13-14H2,(H,24,26)(H2,22,23,27)/t16-/m1/s1. The second kappa shape index (κ2) is 8.31. The summed E-state index contributed by atoms with van der Waals surface area (Å²) in [7, 11) is 0. The third-order valence-electron chi connectivity index (χ3n) is 5.13. The maximum atomic E-state index is 12.1. The summed E-state index contributed by atoms with van der Waals surface area (Å²) in [6, 6.07) is 15.5. The average molecular weight is 380 g/mol. The Morgan fingerprint density at radius 1 is 1.21 bits per heavy atom. The number of hydrogen-bond donors (Lipinski definition) is 3. The molecule has 1 fully saturated rings. The molecule has 2 aromatic rings. The van der Waals surface area contributed by atoms with Crippen LogP contribution in [0.1, 0.15) is 17.9 Å². The maximum absolute atomic E-state index is 12.1. The molecule has 0 spiro atoms. The fourth-order valence-electron chi connectivity index (χ4n) is 3.69. The van der Waals surface area contributed by atoms with Crippen molar-refractivity contribution >= 4 is 23.3 Å². The minimum atomic E-state index is -0.251. The molecule has 2 aliphatic rings. The quantitative estimate of drug-likeness (QED) is 0.745. The van der Waals surface area contributed by atoms with E-state index in [1.54, 1.807) is 18.2 Å². The van der Waals surface area contributed by atoms with E-state index >= 15 is 0 Å². The lowest BCUT2D eigenvalue weighted by molar-refractivity contribution is -0.118. The summed E-state index contributed by atoms with van der Waals surface area (Å²) in [5.41, 5.74) is 2.63. The van der Waals surface area contributed by atoms with Gasteiger partial charge in [0, 0.05) is 31.4 Å². The first kappa shape index (κ1) is 18.3. The molecule has 0 radical (unpaired) electrons. The van der Waals surface area contributed by atoms with Gasteiger partial charge in [0.25, 0.3) is 5.91 Å². The van der Waals surface area contributed by atoms with Crippen LogP contribution in [0.25, 0.3) is 0 Å². The molecule has 0 unspecified atom stereocenters. The number of amides is 3. The number of nitrogens with zero attached hydrogens (tertiary/aromatic N) is 1. The first-order valence-electron chi connectivity index (χ1n) is 9.56. The van der Waals surface area contributed by atoms with Crippen LogP contribution in [0.2, 0.25) is 0 Å². The molecule has 0 aliphatic carbocycles. The van der Waals surface area contributed by atoms with E-state index < -0.39 is 0 Å². The smallest absolute Gasteiger partial charge is 0.319 e. The van der Waals surface area contributed by atoms with E-state index in [1.807, 2.05) is 6.07 Å². The van der Waals surface area contributed by atoms with Gasteiger partial charge in [-0.1, -0.05) is 30.3 Å². The van der Waals surface area contributed by atoms with Crippen LogP contribution in [0.4, 0.5) is 16.2 Å². The summed E-state index contributed by atoms with van der Waals surface area (Å²) >= 11 is 0. The highest BCUT2D eigenvalue weighted by molar-refractivity contribution is 5.96. The zero-order valence-electron chi connectivity index (χ0n) is 15.6. The van der Waals surface area contributed by atoms with Crippen molar-refractivity contribution in [2.24, 2.45) is 0 Å². The Balaban J connectivity index is 1.21. The van der Waals surface area contributed by atoms with Gasteiger partial charge < -0.3 is 25.6 Å². The third kappa shape index (κ3) is 4.43. The summed E-state index contributed by atoms with van der Waals surface area (Å²) in [6.45, 7) is 3.49. The van der Waals surface area contributed by atoms with E-state index in [9.17, 15) is 9.59 Å². The van der Waals surface area contributed by atoms with Crippen LogP contribution >= 0.6 is 0 Å². The molecule has 0 bridgehead atoms. The van der Waals surface area contributed by atoms with Gasteiger partial charge in [-0.2, -0.15) is 0 Å². The second-order valence-corrected chi connectivity index (χ2v) is 7.13. The van der Waals surface area contributed by atoms with Crippen LogP contribution in [0, 0.1) is 0 Å². The predicted molar refractivity (Wildman–Crippen MR) is 108 cm³/mol.